The topological polar surface area (TPSA) is 12.0 Å². The average Bonchev–Trinajstić information content (AvgIpc) is 2.82. The monoisotopic (exact) mass is 297 g/mol. The summed E-state index contributed by atoms with van der Waals surface area (Å²) in [5.41, 5.74) is 1.37. The Morgan fingerprint density at radius 3 is 2.60 bits per heavy atom. The van der Waals surface area contributed by atoms with E-state index in [1.165, 1.54) is 25.7 Å². The minimum Gasteiger partial charge on any atom is -0.316 e. The number of hydrogen-bond acceptors (Lipinski definition) is 1. The first-order valence-electron chi connectivity index (χ1n) is 7.65. The lowest BCUT2D eigenvalue weighted by atomic mass is 9.80. The van der Waals surface area contributed by atoms with Gasteiger partial charge in [0, 0.05) is 6.54 Å². The highest BCUT2D eigenvalue weighted by atomic mass is 35.5. The van der Waals surface area contributed by atoms with Crippen LogP contribution in [0.1, 0.15) is 45.1 Å². The largest absolute Gasteiger partial charge is 0.316 e. The first-order chi connectivity index (χ1) is 9.51. The summed E-state index contributed by atoms with van der Waals surface area (Å²) in [6, 6.07) is 5.25. The van der Waals surface area contributed by atoms with Crippen molar-refractivity contribution in [3.63, 3.8) is 0 Å². The van der Waals surface area contributed by atoms with E-state index in [9.17, 15) is 4.39 Å². The van der Waals surface area contributed by atoms with Crippen LogP contribution in [0.3, 0.4) is 0 Å². The van der Waals surface area contributed by atoms with E-state index in [1.54, 1.807) is 12.1 Å². The van der Waals surface area contributed by atoms with Crippen LogP contribution in [-0.4, -0.2) is 13.1 Å². The summed E-state index contributed by atoms with van der Waals surface area (Å²) in [7, 11) is 0. The third-order valence-electron chi connectivity index (χ3n) is 4.28. The van der Waals surface area contributed by atoms with Gasteiger partial charge in [0.1, 0.15) is 5.82 Å². The van der Waals surface area contributed by atoms with E-state index in [2.05, 4.69) is 19.2 Å². The number of hydrogen-bond donors (Lipinski definition) is 1. The lowest BCUT2D eigenvalue weighted by molar-refractivity contribution is 0.273. The zero-order valence-electron chi connectivity index (χ0n) is 12.5. The van der Waals surface area contributed by atoms with Crippen LogP contribution < -0.4 is 5.32 Å². The van der Waals surface area contributed by atoms with Gasteiger partial charge in [0.2, 0.25) is 0 Å². The maximum Gasteiger partial charge on any atom is 0.142 e. The van der Waals surface area contributed by atoms with Crippen molar-refractivity contribution in [1.82, 2.24) is 5.32 Å². The van der Waals surface area contributed by atoms with Gasteiger partial charge < -0.3 is 5.32 Å². The molecule has 3 heteroatoms. The molecule has 0 heterocycles. The molecule has 1 aromatic rings. The van der Waals surface area contributed by atoms with Crippen molar-refractivity contribution < 1.29 is 4.39 Å². The SMILES string of the molecule is CC(C)CNCC1(Cc2ccc(Cl)c(F)c2)CCCC1. The summed E-state index contributed by atoms with van der Waals surface area (Å²) >= 11 is 5.76. The van der Waals surface area contributed by atoms with Gasteiger partial charge in [0.05, 0.1) is 5.02 Å². The molecule has 0 aromatic heterocycles. The van der Waals surface area contributed by atoms with E-state index in [0.29, 0.717) is 11.3 Å². The molecule has 1 nitrogen and oxygen atoms in total. The third kappa shape index (κ3) is 4.20. The van der Waals surface area contributed by atoms with Crippen molar-refractivity contribution in [3.8, 4) is 0 Å². The molecular formula is C17H25ClFN. The number of rotatable bonds is 6. The third-order valence-corrected chi connectivity index (χ3v) is 4.59. The van der Waals surface area contributed by atoms with Crippen LogP contribution in [0.5, 0.6) is 0 Å². The average molecular weight is 298 g/mol. The van der Waals surface area contributed by atoms with Crippen molar-refractivity contribution in [2.45, 2.75) is 46.0 Å². The van der Waals surface area contributed by atoms with Gasteiger partial charge in [0.15, 0.2) is 0 Å². The summed E-state index contributed by atoms with van der Waals surface area (Å²) in [6.07, 6.45) is 6.01. The molecular weight excluding hydrogens is 273 g/mol. The van der Waals surface area contributed by atoms with Gasteiger partial charge in [-0.2, -0.15) is 0 Å². The molecule has 0 spiro atoms. The van der Waals surface area contributed by atoms with Gasteiger partial charge >= 0.3 is 0 Å². The minimum atomic E-state index is -0.299. The number of nitrogens with one attached hydrogen (secondary N) is 1. The summed E-state index contributed by atoms with van der Waals surface area (Å²) in [4.78, 5) is 0. The first-order valence-corrected chi connectivity index (χ1v) is 8.03. The molecule has 1 aromatic carbocycles. The Kier molecular flexibility index (Phi) is 5.45. The molecule has 0 amide bonds. The predicted molar refractivity (Wildman–Crippen MR) is 83.7 cm³/mol. The Morgan fingerprint density at radius 1 is 1.30 bits per heavy atom. The van der Waals surface area contributed by atoms with Gasteiger partial charge in [0.25, 0.3) is 0 Å². The van der Waals surface area contributed by atoms with E-state index >= 15 is 0 Å². The van der Waals surface area contributed by atoms with E-state index in [1.807, 2.05) is 6.07 Å². The molecule has 0 radical (unpaired) electrons. The van der Waals surface area contributed by atoms with Crippen LogP contribution in [0.4, 0.5) is 4.39 Å². The summed E-state index contributed by atoms with van der Waals surface area (Å²) in [5, 5.41) is 3.81. The van der Waals surface area contributed by atoms with Gasteiger partial charge in [-0.05, 0) is 54.8 Å². The maximum absolute atomic E-state index is 13.6. The molecule has 0 unspecified atom stereocenters. The molecule has 112 valence electrons. The van der Waals surface area contributed by atoms with Crippen LogP contribution in [0.25, 0.3) is 0 Å². The molecule has 0 bridgehead atoms. The van der Waals surface area contributed by atoms with Crippen molar-refractivity contribution in [3.05, 3.63) is 34.6 Å². The molecule has 1 aliphatic carbocycles. The Labute approximate surface area is 126 Å². The molecule has 0 atom stereocenters. The molecule has 1 aliphatic rings. The second kappa shape index (κ2) is 6.91. The number of halogens is 2. The van der Waals surface area contributed by atoms with Gasteiger partial charge in [-0.15, -0.1) is 0 Å². The van der Waals surface area contributed by atoms with E-state index in [-0.39, 0.29) is 10.8 Å². The molecule has 1 N–H and O–H groups in total. The van der Waals surface area contributed by atoms with E-state index in [0.717, 1.165) is 25.1 Å². The fourth-order valence-corrected chi connectivity index (χ4v) is 3.37. The molecule has 1 saturated carbocycles. The van der Waals surface area contributed by atoms with Crippen molar-refractivity contribution in [1.29, 1.82) is 0 Å². The van der Waals surface area contributed by atoms with Crippen molar-refractivity contribution in [2.75, 3.05) is 13.1 Å². The Balaban J connectivity index is 2.02. The second-order valence-corrected chi connectivity index (χ2v) is 7.06. The summed E-state index contributed by atoms with van der Waals surface area (Å²) in [6.45, 7) is 6.54. The zero-order chi connectivity index (χ0) is 14.6. The van der Waals surface area contributed by atoms with Crippen LogP contribution in [0, 0.1) is 17.2 Å². The quantitative estimate of drug-likeness (QED) is 0.793. The highest BCUT2D eigenvalue weighted by molar-refractivity contribution is 6.30. The van der Waals surface area contributed by atoms with Crippen LogP contribution >= 0.6 is 11.6 Å². The first kappa shape index (κ1) is 15.8. The Morgan fingerprint density at radius 2 is 2.00 bits per heavy atom. The molecule has 20 heavy (non-hydrogen) atoms. The van der Waals surface area contributed by atoms with Crippen LogP contribution in [0.2, 0.25) is 5.02 Å². The molecule has 2 rings (SSSR count). The molecule has 1 fully saturated rings. The summed E-state index contributed by atoms with van der Waals surface area (Å²) < 4.78 is 13.6. The number of benzene rings is 1. The van der Waals surface area contributed by atoms with Gasteiger partial charge in [-0.25, -0.2) is 4.39 Å². The fourth-order valence-electron chi connectivity index (χ4n) is 3.25. The highest BCUT2D eigenvalue weighted by Crippen LogP contribution is 2.40. The lowest BCUT2D eigenvalue weighted by Crippen LogP contribution is -2.35. The summed E-state index contributed by atoms with van der Waals surface area (Å²) in [5.74, 6) is 0.369. The van der Waals surface area contributed by atoms with E-state index < -0.39 is 0 Å². The standard InChI is InChI=1S/C17H25ClFN/c1-13(2)11-20-12-17(7-3-4-8-17)10-14-5-6-15(18)16(19)9-14/h5-6,9,13,20H,3-4,7-8,10-12H2,1-2H3. The van der Waals surface area contributed by atoms with Crippen LogP contribution in [-0.2, 0) is 6.42 Å². The fraction of sp³-hybridized carbons (Fsp3) is 0.647. The molecule has 0 saturated heterocycles. The highest BCUT2D eigenvalue weighted by Gasteiger charge is 2.33. The van der Waals surface area contributed by atoms with Crippen LogP contribution in [0.15, 0.2) is 18.2 Å². The zero-order valence-corrected chi connectivity index (χ0v) is 13.3. The van der Waals surface area contributed by atoms with E-state index in [4.69, 9.17) is 11.6 Å². The normalized spacial score (nSPS) is 17.9. The van der Waals surface area contributed by atoms with Crippen molar-refractivity contribution >= 4 is 11.6 Å². The van der Waals surface area contributed by atoms with Gasteiger partial charge in [-0.1, -0.05) is 44.4 Å². The Hall–Kier alpha value is -0.600. The lowest BCUT2D eigenvalue weighted by Gasteiger charge is -2.30. The Bertz CT molecular complexity index is 439. The minimum absolute atomic E-state index is 0.215. The van der Waals surface area contributed by atoms with Crippen molar-refractivity contribution in [2.24, 2.45) is 11.3 Å². The second-order valence-electron chi connectivity index (χ2n) is 6.66. The smallest absolute Gasteiger partial charge is 0.142 e. The van der Waals surface area contributed by atoms with Gasteiger partial charge in [-0.3, -0.25) is 0 Å². The predicted octanol–water partition coefficient (Wildman–Crippen LogP) is 4.83. The maximum atomic E-state index is 13.6. The molecule has 0 aliphatic heterocycles.